The molecule has 0 unspecified atom stereocenters. The number of pyridine rings is 1. The number of carbonyl (C=O) groups excluding carboxylic acids is 1. The number of hydrogen-bond donors (Lipinski definition) is 3. The van der Waals surface area contributed by atoms with Crippen LogP contribution in [0, 0.1) is 0 Å². The van der Waals surface area contributed by atoms with E-state index in [1.54, 1.807) is 43.1 Å². The Morgan fingerprint density at radius 3 is 2.61 bits per heavy atom. The average Bonchev–Trinajstić information content (AvgIpc) is 3.24. The van der Waals surface area contributed by atoms with Crippen molar-refractivity contribution in [2.24, 2.45) is 0 Å². The number of amides is 1. The summed E-state index contributed by atoms with van der Waals surface area (Å²) in [5.74, 6) is 1.15. The van der Waals surface area contributed by atoms with Crippen molar-refractivity contribution in [3.8, 4) is 11.4 Å². The van der Waals surface area contributed by atoms with Crippen molar-refractivity contribution in [1.82, 2.24) is 24.9 Å². The number of nitrogens with one attached hydrogen (secondary N) is 3. The first kappa shape index (κ1) is 18.4. The number of fused-ring (bicyclic) bond motifs is 1. The van der Waals surface area contributed by atoms with Gasteiger partial charge in [-0.3, -0.25) is 14.8 Å². The molecule has 3 aromatic heterocycles. The highest BCUT2D eigenvalue weighted by atomic mass is 16.1. The van der Waals surface area contributed by atoms with E-state index in [9.17, 15) is 4.79 Å². The van der Waals surface area contributed by atoms with E-state index >= 15 is 0 Å². The third kappa shape index (κ3) is 4.08. The topological polar surface area (TPSA) is 108 Å². The first-order chi connectivity index (χ1) is 15.2. The third-order valence-electron chi connectivity index (χ3n) is 4.65. The van der Waals surface area contributed by atoms with Gasteiger partial charge in [0, 0.05) is 47.3 Å². The SMILES string of the molecule is O=C(Nc1ccc2nc(-c3ccncc3)[nH]c2c1)c1cccc(Nc2cnccn2)c1. The highest BCUT2D eigenvalue weighted by Crippen LogP contribution is 2.23. The Balaban J connectivity index is 1.35. The van der Waals surface area contributed by atoms with Crippen LogP contribution in [0.2, 0.25) is 0 Å². The van der Waals surface area contributed by atoms with Gasteiger partial charge in [-0.15, -0.1) is 0 Å². The van der Waals surface area contributed by atoms with Crippen molar-refractivity contribution in [1.29, 1.82) is 0 Å². The number of aromatic amines is 1. The minimum Gasteiger partial charge on any atom is -0.339 e. The number of rotatable bonds is 5. The van der Waals surface area contributed by atoms with Crippen LogP contribution in [-0.4, -0.2) is 30.8 Å². The normalized spacial score (nSPS) is 10.7. The molecule has 2 aromatic carbocycles. The van der Waals surface area contributed by atoms with Crippen LogP contribution in [0.5, 0.6) is 0 Å². The number of hydrogen-bond acceptors (Lipinski definition) is 6. The lowest BCUT2D eigenvalue weighted by Crippen LogP contribution is -2.12. The number of carbonyl (C=O) groups is 1. The summed E-state index contributed by atoms with van der Waals surface area (Å²) in [4.78, 5) is 32.9. The van der Waals surface area contributed by atoms with E-state index in [1.807, 2.05) is 42.5 Å². The number of anilines is 3. The lowest BCUT2D eigenvalue weighted by Gasteiger charge is -2.08. The summed E-state index contributed by atoms with van der Waals surface area (Å²) in [6.07, 6.45) is 8.27. The van der Waals surface area contributed by atoms with Crippen molar-refractivity contribution in [3.63, 3.8) is 0 Å². The van der Waals surface area contributed by atoms with Gasteiger partial charge >= 0.3 is 0 Å². The van der Waals surface area contributed by atoms with Gasteiger partial charge in [0.15, 0.2) is 0 Å². The van der Waals surface area contributed by atoms with Gasteiger partial charge in [-0.2, -0.15) is 0 Å². The van der Waals surface area contributed by atoms with Crippen LogP contribution >= 0.6 is 0 Å². The predicted molar refractivity (Wildman–Crippen MR) is 119 cm³/mol. The summed E-state index contributed by atoms with van der Waals surface area (Å²) < 4.78 is 0. The lowest BCUT2D eigenvalue weighted by atomic mass is 10.1. The molecule has 8 nitrogen and oxygen atoms in total. The molecule has 150 valence electrons. The van der Waals surface area contributed by atoms with Crippen molar-refractivity contribution in [2.75, 3.05) is 10.6 Å². The minimum absolute atomic E-state index is 0.212. The summed E-state index contributed by atoms with van der Waals surface area (Å²) in [6, 6.07) is 16.6. The minimum atomic E-state index is -0.212. The zero-order valence-corrected chi connectivity index (χ0v) is 16.3. The highest BCUT2D eigenvalue weighted by molar-refractivity contribution is 6.05. The van der Waals surface area contributed by atoms with Crippen molar-refractivity contribution >= 4 is 34.1 Å². The number of nitrogens with zero attached hydrogens (tertiary/aromatic N) is 4. The Morgan fingerprint density at radius 2 is 1.77 bits per heavy atom. The Morgan fingerprint density at radius 1 is 0.871 bits per heavy atom. The zero-order valence-electron chi connectivity index (χ0n) is 16.3. The molecule has 0 bridgehead atoms. The molecule has 3 heterocycles. The van der Waals surface area contributed by atoms with E-state index in [0.717, 1.165) is 28.1 Å². The molecule has 31 heavy (non-hydrogen) atoms. The fraction of sp³-hybridized carbons (Fsp3) is 0. The number of H-pyrrole nitrogens is 1. The molecule has 5 aromatic rings. The van der Waals surface area contributed by atoms with E-state index in [4.69, 9.17) is 0 Å². The number of aromatic nitrogens is 5. The molecule has 0 aliphatic carbocycles. The monoisotopic (exact) mass is 407 g/mol. The van der Waals surface area contributed by atoms with Gasteiger partial charge in [-0.05, 0) is 48.5 Å². The molecule has 0 saturated carbocycles. The Bertz CT molecular complexity index is 1350. The van der Waals surface area contributed by atoms with Crippen LogP contribution in [-0.2, 0) is 0 Å². The molecule has 0 atom stereocenters. The van der Waals surface area contributed by atoms with Gasteiger partial charge in [-0.1, -0.05) is 6.07 Å². The second kappa shape index (κ2) is 8.03. The van der Waals surface area contributed by atoms with Gasteiger partial charge in [-0.25, -0.2) is 9.97 Å². The van der Waals surface area contributed by atoms with E-state index in [-0.39, 0.29) is 5.91 Å². The highest BCUT2D eigenvalue weighted by Gasteiger charge is 2.10. The quantitative estimate of drug-likeness (QED) is 0.398. The molecule has 0 aliphatic rings. The largest absolute Gasteiger partial charge is 0.339 e. The predicted octanol–water partition coefficient (Wildman–Crippen LogP) is 4.41. The molecule has 0 radical (unpaired) electrons. The second-order valence-electron chi connectivity index (χ2n) is 6.80. The van der Waals surface area contributed by atoms with Crippen LogP contribution in [0.1, 0.15) is 10.4 Å². The third-order valence-corrected chi connectivity index (χ3v) is 4.65. The summed E-state index contributed by atoms with van der Waals surface area (Å²) >= 11 is 0. The summed E-state index contributed by atoms with van der Waals surface area (Å²) in [6.45, 7) is 0. The van der Waals surface area contributed by atoms with Crippen molar-refractivity contribution in [2.45, 2.75) is 0 Å². The Kier molecular flexibility index (Phi) is 4.78. The van der Waals surface area contributed by atoms with Gasteiger partial charge in [0.05, 0.1) is 17.2 Å². The van der Waals surface area contributed by atoms with Crippen LogP contribution in [0.4, 0.5) is 17.2 Å². The molecule has 1 amide bonds. The van der Waals surface area contributed by atoms with Gasteiger partial charge in [0.2, 0.25) is 0 Å². The van der Waals surface area contributed by atoms with E-state index in [1.165, 1.54) is 0 Å². The first-order valence-corrected chi connectivity index (χ1v) is 9.59. The molecule has 5 rings (SSSR count). The molecule has 3 N–H and O–H groups in total. The van der Waals surface area contributed by atoms with E-state index in [0.29, 0.717) is 17.1 Å². The van der Waals surface area contributed by atoms with Gasteiger partial charge in [0.1, 0.15) is 11.6 Å². The van der Waals surface area contributed by atoms with Gasteiger partial charge < -0.3 is 15.6 Å². The van der Waals surface area contributed by atoms with E-state index in [2.05, 4.69) is 35.6 Å². The molecular weight excluding hydrogens is 390 g/mol. The van der Waals surface area contributed by atoms with Gasteiger partial charge in [0.25, 0.3) is 5.91 Å². The summed E-state index contributed by atoms with van der Waals surface area (Å²) in [5.41, 5.74) is 4.55. The van der Waals surface area contributed by atoms with E-state index < -0.39 is 0 Å². The number of benzene rings is 2. The van der Waals surface area contributed by atoms with Crippen LogP contribution < -0.4 is 10.6 Å². The lowest BCUT2D eigenvalue weighted by molar-refractivity contribution is 0.102. The van der Waals surface area contributed by atoms with Crippen LogP contribution in [0.3, 0.4) is 0 Å². The maximum absolute atomic E-state index is 12.8. The maximum Gasteiger partial charge on any atom is 0.255 e. The standard InChI is InChI=1S/C23H17N7O/c31-23(16-2-1-3-17(12-16)27-21-14-25-10-11-26-21)28-18-4-5-19-20(13-18)30-22(29-19)15-6-8-24-9-7-15/h1-14H,(H,26,27)(H,28,31)(H,29,30). The molecule has 8 heteroatoms. The first-order valence-electron chi connectivity index (χ1n) is 9.59. The summed E-state index contributed by atoms with van der Waals surface area (Å²) in [5, 5.41) is 6.07. The number of imidazole rings is 1. The molecule has 0 aliphatic heterocycles. The fourth-order valence-corrected chi connectivity index (χ4v) is 3.19. The molecular formula is C23H17N7O. The molecule has 0 saturated heterocycles. The molecule has 0 fully saturated rings. The van der Waals surface area contributed by atoms with Crippen molar-refractivity contribution < 1.29 is 4.79 Å². The Labute approximate surface area is 177 Å². The fourth-order valence-electron chi connectivity index (χ4n) is 3.19. The summed E-state index contributed by atoms with van der Waals surface area (Å²) in [7, 11) is 0. The van der Waals surface area contributed by atoms with Crippen LogP contribution in [0.15, 0.2) is 85.6 Å². The smallest absolute Gasteiger partial charge is 0.255 e. The van der Waals surface area contributed by atoms with Crippen LogP contribution in [0.25, 0.3) is 22.4 Å². The second-order valence-corrected chi connectivity index (χ2v) is 6.80. The zero-order chi connectivity index (χ0) is 21.0. The maximum atomic E-state index is 12.8. The van der Waals surface area contributed by atoms with Crippen molar-refractivity contribution in [3.05, 3.63) is 91.1 Å². The molecule has 0 spiro atoms. The average molecular weight is 407 g/mol. The Hall–Kier alpha value is -4.59.